The van der Waals surface area contributed by atoms with Crippen molar-refractivity contribution in [2.45, 2.75) is 116 Å². The van der Waals surface area contributed by atoms with Gasteiger partial charge in [-0.1, -0.05) is 77.5 Å². The fourth-order valence-electron chi connectivity index (χ4n) is 5.96. The van der Waals surface area contributed by atoms with Crippen LogP contribution in [0.1, 0.15) is 110 Å². The van der Waals surface area contributed by atoms with Crippen LogP contribution in [0.25, 0.3) is 0 Å². The van der Waals surface area contributed by atoms with E-state index < -0.39 is 10.0 Å². The first-order chi connectivity index (χ1) is 21.8. The first kappa shape index (κ1) is 38.2. The number of allylic oxidation sites excluding steroid dienone is 2. The summed E-state index contributed by atoms with van der Waals surface area (Å²) in [4.78, 5) is 18.1. The van der Waals surface area contributed by atoms with E-state index in [1.165, 1.54) is 17.5 Å². The molecule has 0 spiro atoms. The smallest absolute Gasteiger partial charge is 0.240 e. The van der Waals surface area contributed by atoms with Gasteiger partial charge in [-0.25, -0.2) is 13.1 Å². The highest BCUT2D eigenvalue weighted by atomic mass is 32.2. The number of fused-ring (bicyclic) bond motifs is 3. The monoisotopic (exact) mass is 639 g/mol. The molecule has 45 heavy (non-hydrogen) atoms. The third-order valence-corrected chi connectivity index (χ3v) is 9.67. The van der Waals surface area contributed by atoms with Gasteiger partial charge in [-0.2, -0.15) is 0 Å². The Balaban J connectivity index is 0.000000624. The number of sulfonamides is 1. The first-order valence-electron chi connectivity index (χ1n) is 17.0. The maximum atomic E-state index is 13.0. The van der Waals surface area contributed by atoms with Crippen molar-refractivity contribution in [2.75, 3.05) is 13.7 Å². The summed E-state index contributed by atoms with van der Waals surface area (Å²) in [5.41, 5.74) is 2.66. The summed E-state index contributed by atoms with van der Waals surface area (Å²) in [7, 11) is -1.80. The van der Waals surface area contributed by atoms with Crippen LogP contribution in [0, 0.1) is 11.8 Å². The van der Waals surface area contributed by atoms with E-state index in [0.717, 1.165) is 63.0 Å². The highest BCUT2D eigenvalue weighted by molar-refractivity contribution is 7.89. The Morgan fingerprint density at radius 2 is 1.67 bits per heavy atom. The summed E-state index contributed by atoms with van der Waals surface area (Å²) in [5.74, 6) is 2.29. The molecule has 0 bridgehead atoms. The van der Waals surface area contributed by atoms with Crippen LogP contribution in [0.3, 0.4) is 0 Å². The molecule has 2 unspecified atom stereocenters. The highest BCUT2D eigenvalue weighted by Gasteiger charge is 2.36. The van der Waals surface area contributed by atoms with Crippen molar-refractivity contribution in [3.8, 4) is 5.75 Å². The second kappa shape index (κ2) is 20.2. The van der Waals surface area contributed by atoms with Crippen molar-refractivity contribution in [3.05, 3.63) is 71.8 Å². The van der Waals surface area contributed by atoms with E-state index in [9.17, 15) is 13.2 Å². The molecule has 2 atom stereocenters. The second-order valence-electron chi connectivity index (χ2n) is 11.6. The molecular weight excluding hydrogens is 582 g/mol. The predicted octanol–water partition coefficient (Wildman–Crippen LogP) is 8.21. The Labute approximate surface area is 273 Å². The number of nitrogens with one attached hydrogen (secondary N) is 2. The number of aliphatic imine (C=N–C) groups is 1. The Bertz CT molecular complexity index is 1320. The molecule has 1 aliphatic heterocycles. The maximum Gasteiger partial charge on any atom is 0.240 e. The van der Waals surface area contributed by atoms with Crippen LogP contribution in [0.5, 0.6) is 5.75 Å². The summed E-state index contributed by atoms with van der Waals surface area (Å²) < 4.78 is 33.0. The van der Waals surface area contributed by atoms with Crippen molar-refractivity contribution in [1.82, 2.24) is 10.0 Å². The van der Waals surface area contributed by atoms with Gasteiger partial charge in [0.25, 0.3) is 0 Å². The number of ether oxygens (including phenoxy) is 1. The molecule has 1 heterocycles. The van der Waals surface area contributed by atoms with E-state index in [2.05, 4.69) is 55.1 Å². The normalized spacial score (nSPS) is 21.7. The largest absolute Gasteiger partial charge is 0.497 e. The maximum absolute atomic E-state index is 13.0. The average Bonchev–Trinajstić information content (AvgIpc) is 3.49. The molecule has 0 aromatic heterocycles. The van der Waals surface area contributed by atoms with Crippen LogP contribution in [-0.4, -0.2) is 39.9 Å². The van der Waals surface area contributed by atoms with E-state index in [1.54, 1.807) is 37.4 Å². The van der Waals surface area contributed by atoms with Gasteiger partial charge >= 0.3 is 0 Å². The van der Waals surface area contributed by atoms with Gasteiger partial charge in [-0.15, -0.1) is 0 Å². The number of benzene rings is 2. The SMILES string of the molecule is C/C=C/CC.CC.CCC.COc1ccc2c(c1)CCC1N=C(NC(=O)C3CCC(CNS(=O)(=O)c4ccccc4)CC3)CC21. The second-order valence-corrected chi connectivity index (χ2v) is 13.4. The zero-order valence-corrected chi connectivity index (χ0v) is 29.5. The number of nitrogens with zero attached hydrogens (tertiary/aromatic N) is 1. The van der Waals surface area contributed by atoms with Crippen molar-refractivity contribution in [1.29, 1.82) is 0 Å². The van der Waals surface area contributed by atoms with Crippen LogP contribution in [0.2, 0.25) is 0 Å². The minimum atomic E-state index is -3.49. The Kier molecular flexibility index (Phi) is 17.2. The van der Waals surface area contributed by atoms with Crippen LogP contribution in [-0.2, 0) is 21.2 Å². The number of hydrogen-bond acceptors (Lipinski definition) is 5. The van der Waals surface area contributed by atoms with Crippen LogP contribution in [0.4, 0.5) is 0 Å². The lowest BCUT2D eigenvalue weighted by Crippen LogP contribution is -2.38. The Morgan fingerprint density at radius 1 is 1.00 bits per heavy atom. The third kappa shape index (κ3) is 11.7. The molecule has 2 aromatic rings. The number of amidine groups is 1. The summed E-state index contributed by atoms with van der Waals surface area (Å²) in [5, 5.41) is 3.13. The fourth-order valence-corrected chi connectivity index (χ4v) is 7.10. The minimum absolute atomic E-state index is 0.0427. The van der Waals surface area contributed by atoms with Crippen molar-refractivity contribution < 1.29 is 17.9 Å². The van der Waals surface area contributed by atoms with E-state index in [1.807, 2.05) is 26.8 Å². The van der Waals surface area contributed by atoms with E-state index in [0.29, 0.717) is 12.5 Å². The zero-order chi connectivity index (χ0) is 33.2. The molecule has 8 heteroatoms. The molecule has 5 rings (SSSR count). The van der Waals surface area contributed by atoms with Crippen LogP contribution < -0.4 is 14.8 Å². The molecule has 7 nitrogen and oxygen atoms in total. The van der Waals surface area contributed by atoms with E-state index in [4.69, 9.17) is 9.73 Å². The van der Waals surface area contributed by atoms with E-state index >= 15 is 0 Å². The van der Waals surface area contributed by atoms with Gasteiger partial charge in [0.15, 0.2) is 0 Å². The molecule has 3 aliphatic rings. The molecule has 2 aliphatic carbocycles. The Hall–Kier alpha value is -2.97. The third-order valence-electron chi connectivity index (χ3n) is 8.23. The summed E-state index contributed by atoms with van der Waals surface area (Å²) in [6.45, 7) is 12.8. The number of carbonyl (C=O) groups is 1. The zero-order valence-electron chi connectivity index (χ0n) is 28.6. The van der Waals surface area contributed by atoms with Crippen LogP contribution >= 0.6 is 0 Å². The topological polar surface area (TPSA) is 96.9 Å². The predicted molar refractivity (Wildman–Crippen MR) is 188 cm³/mol. The summed E-state index contributed by atoms with van der Waals surface area (Å²) in [6, 6.07) is 15.0. The van der Waals surface area contributed by atoms with E-state index in [-0.39, 0.29) is 28.7 Å². The molecule has 1 amide bonds. The number of methoxy groups -OCH3 is 1. The lowest BCUT2D eigenvalue weighted by Gasteiger charge is -2.28. The molecule has 250 valence electrons. The quantitative estimate of drug-likeness (QED) is 0.299. The van der Waals surface area contributed by atoms with Crippen molar-refractivity contribution >= 4 is 21.8 Å². The van der Waals surface area contributed by atoms with Crippen LogP contribution in [0.15, 0.2) is 70.6 Å². The molecule has 2 aromatic carbocycles. The lowest BCUT2D eigenvalue weighted by molar-refractivity contribution is -0.124. The molecule has 2 N–H and O–H groups in total. The molecule has 0 radical (unpaired) electrons. The number of amides is 1. The van der Waals surface area contributed by atoms with Gasteiger partial charge < -0.3 is 10.1 Å². The molecule has 1 saturated carbocycles. The minimum Gasteiger partial charge on any atom is -0.497 e. The van der Waals surface area contributed by atoms with Gasteiger partial charge in [0.1, 0.15) is 11.6 Å². The number of carbonyl (C=O) groups excluding carboxylic acids is 1. The standard InChI is InChI=1S/C27H33N3O4S.C5H10.C3H8.C2H6/c1-34-21-12-13-23-20(15-21)11-14-25-24(23)16-26(29-25)30-27(31)19-9-7-18(8-10-19)17-28-35(32,33)22-5-3-2-4-6-22;1-3-5-4-2;1-3-2;1-2/h2-6,12-13,15,18-19,24-25,28H,7-11,14,16-17H2,1H3,(H,29,30,31);3,5H,4H2,1-2H3;3H2,1-2H3;1-2H3/b;5-3+;;. The summed E-state index contributed by atoms with van der Waals surface area (Å²) >= 11 is 0. The van der Waals surface area contributed by atoms with Gasteiger partial charge in [-0.05, 0) is 93.2 Å². The molecular formula is C37H57N3O4S. The summed E-state index contributed by atoms with van der Waals surface area (Å²) in [6.07, 6.45) is 12.6. The van der Waals surface area contributed by atoms with Gasteiger partial charge in [0.2, 0.25) is 15.9 Å². The lowest BCUT2D eigenvalue weighted by atomic mass is 9.79. The highest BCUT2D eigenvalue weighted by Crippen LogP contribution is 2.41. The van der Waals surface area contributed by atoms with Gasteiger partial charge in [0.05, 0.1) is 18.0 Å². The molecule has 0 saturated heterocycles. The van der Waals surface area contributed by atoms with Crippen molar-refractivity contribution in [3.63, 3.8) is 0 Å². The van der Waals surface area contributed by atoms with Gasteiger partial charge in [-0.3, -0.25) is 9.79 Å². The Morgan fingerprint density at radius 3 is 2.24 bits per heavy atom. The fraction of sp³-hybridized carbons (Fsp3) is 0.568. The average molecular weight is 640 g/mol. The number of rotatable bonds is 7. The number of aryl methyl sites for hydroxylation is 1. The number of hydrogen-bond donors (Lipinski definition) is 2. The van der Waals surface area contributed by atoms with Gasteiger partial charge in [0, 0.05) is 24.8 Å². The van der Waals surface area contributed by atoms with Crippen molar-refractivity contribution in [2.24, 2.45) is 16.8 Å². The first-order valence-corrected chi connectivity index (χ1v) is 18.4. The molecule has 1 fully saturated rings.